The second-order valence-electron chi connectivity index (χ2n) is 6.86. The van der Waals surface area contributed by atoms with Crippen molar-refractivity contribution in [3.63, 3.8) is 0 Å². The number of likely N-dealkylation sites (N-methyl/N-ethyl adjacent to an activating group) is 1. The van der Waals surface area contributed by atoms with Gasteiger partial charge in [-0.3, -0.25) is 0 Å². The van der Waals surface area contributed by atoms with Gasteiger partial charge in [-0.05, 0) is 45.1 Å². The molecule has 1 aromatic carbocycles. The van der Waals surface area contributed by atoms with E-state index in [0.717, 1.165) is 12.8 Å². The van der Waals surface area contributed by atoms with Gasteiger partial charge >= 0.3 is 6.03 Å². The lowest BCUT2D eigenvalue weighted by molar-refractivity contribution is 0.0467. The van der Waals surface area contributed by atoms with E-state index in [1.165, 1.54) is 12.0 Å². The van der Waals surface area contributed by atoms with E-state index in [9.17, 15) is 9.90 Å². The van der Waals surface area contributed by atoms with Crippen molar-refractivity contribution in [3.05, 3.63) is 35.9 Å². The van der Waals surface area contributed by atoms with E-state index >= 15 is 0 Å². The molecular formula is C18H28N2O2. The van der Waals surface area contributed by atoms with Crippen molar-refractivity contribution in [2.45, 2.75) is 51.7 Å². The van der Waals surface area contributed by atoms with Gasteiger partial charge in [0.25, 0.3) is 0 Å². The van der Waals surface area contributed by atoms with Crippen molar-refractivity contribution in [3.8, 4) is 0 Å². The summed E-state index contributed by atoms with van der Waals surface area (Å²) in [5.74, 6) is 0.521. The van der Waals surface area contributed by atoms with Crippen LogP contribution in [0, 0.1) is 5.92 Å². The van der Waals surface area contributed by atoms with Gasteiger partial charge in [0.1, 0.15) is 0 Å². The van der Waals surface area contributed by atoms with Gasteiger partial charge in [0.15, 0.2) is 0 Å². The van der Waals surface area contributed by atoms with E-state index in [1.54, 1.807) is 18.7 Å². The minimum Gasteiger partial charge on any atom is -0.389 e. The number of hydrogen-bond donors (Lipinski definition) is 2. The summed E-state index contributed by atoms with van der Waals surface area (Å²) in [5, 5.41) is 13.1. The van der Waals surface area contributed by atoms with Crippen LogP contribution < -0.4 is 5.32 Å². The van der Waals surface area contributed by atoms with Crippen molar-refractivity contribution in [1.29, 1.82) is 0 Å². The van der Waals surface area contributed by atoms with Crippen LogP contribution in [-0.2, 0) is 0 Å². The fraction of sp³-hybridized carbons (Fsp3) is 0.611. The Kier molecular flexibility index (Phi) is 5.46. The van der Waals surface area contributed by atoms with E-state index in [4.69, 9.17) is 0 Å². The highest BCUT2D eigenvalue weighted by atomic mass is 16.3. The predicted molar refractivity (Wildman–Crippen MR) is 88.6 cm³/mol. The Bertz CT molecular complexity index is 478. The summed E-state index contributed by atoms with van der Waals surface area (Å²) in [4.78, 5) is 14.3. The largest absolute Gasteiger partial charge is 0.389 e. The number of carbonyl (C=O) groups is 1. The van der Waals surface area contributed by atoms with Crippen molar-refractivity contribution in [1.82, 2.24) is 10.2 Å². The van der Waals surface area contributed by atoms with Crippen molar-refractivity contribution < 1.29 is 9.90 Å². The zero-order valence-electron chi connectivity index (χ0n) is 13.9. The summed E-state index contributed by atoms with van der Waals surface area (Å²) in [7, 11) is 0. The summed E-state index contributed by atoms with van der Waals surface area (Å²) >= 11 is 0. The average Bonchev–Trinajstić information content (AvgIpc) is 2.42. The predicted octanol–water partition coefficient (Wildman–Crippen LogP) is 3.33. The summed E-state index contributed by atoms with van der Waals surface area (Å²) in [6.07, 6.45) is 3.57. The molecule has 0 radical (unpaired) electrons. The first-order valence-corrected chi connectivity index (χ1v) is 8.23. The number of carbonyl (C=O) groups excluding carboxylic acids is 1. The van der Waals surface area contributed by atoms with Crippen LogP contribution in [-0.4, -0.2) is 34.7 Å². The summed E-state index contributed by atoms with van der Waals surface area (Å²) < 4.78 is 0. The maximum absolute atomic E-state index is 12.6. The average molecular weight is 304 g/mol. The Labute approximate surface area is 133 Å². The van der Waals surface area contributed by atoms with Gasteiger partial charge < -0.3 is 15.3 Å². The molecule has 1 atom stereocenters. The Morgan fingerprint density at radius 3 is 2.45 bits per heavy atom. The standard InChI is InChI=1S/C18H28N2O2/c1-4-20(13-18(2,3)22)17(21)19-16(15-11-8-12-15)14-9-6-5-7-10-14/h5-7,9-10,15-16,22H,4,8,11-13H2,1-3H3,(H,19,21). The molecule has 1 aromatic rings. The molecule has 1 aliphatic carbocycles. The minimum absolute atomic E-state index is 0.0679. The molecule has 0 aromatic heterocycles. The molecule has 22 heavy (non-hydrogen) atoms. The highest BCUT2D eigenvalue weighted by molar-refractivity contribution is 5.74. The molecule has 2 N–H and O–H groups in total. The quantitative estimate of drug-likeness (QED) is 0.847. The van der Waals surface area contributed by atoms with Gasteiger partial charge in [-0.25, -0.2) is 4.79 Å². The molecule has 0 saturated heterocycles. The van der Waals surface area contributed by atoms with Crippen LogP contribution in [0.2, 0.25) is 0 Å². The molecule has 1 unspecified atom stereocenters. The molecule has 2 amide bonds. The Balaban J connectivity index is 2.07. The number of amides is 2. The number of benzene rings is 1. The van der Waals surface area contributed by atoms with Crippen molar-refractivity contribution >= 4 is 6.03 Å². The number of nitrogens with zero attached hydrogens (tertiary/aromatic N) is 1. The molecule has 122 valence electrons. The number of aliphatic hydroxyl groups is 1. The lowest BCUT2D eigenvalue weighted by atomic mass is 9.77. The van der Waals surface area contributed by atoms with Gasteiger partial charge in [0.2, 0.25) is 0 Å². The second-order valence-corrected chi connectivity index (χ2v) is 6.86. The highest BCUT2D eigenvalue weighted by Gasteiger charge is 2.31. The van der Waals surface area contributed by atoms with Gasteiger partial charge in [-0.2, -0.15) is 0 Å². The molecule has 2 rings (SSSR count). The zero-order chi connectivity index (χ0) is 16.2. The monoisotopic (exact) mass is 304 g/mol. The SMILES string of the molecule is CCN(CC(C)(C)O)C(=O)NC(c1ccccc1)C1CCC1. The highest BCUT2D eigenvalue weighted by Crippen LogP contribution is 2.37. The topological polar surface area (TPSA) is 52.6 Å². The number of nitrogens with one attached hydrogen (secondary N) is 1. The van der Waals surface area contributed by atoms with Crippen LogP contribution in [0.3, 0.4) is 0 Å². The normalized spacial score (nSPS) is 16.7. The Morgan fingerprint density at radius 2 is 2.00 bits per heavy atom. The molecule has 0 heterocycles. The Morgan fingerprint density at radius 1 is 1.36 bits per heavy atom. The summed E-state index contributed by atoms with van der Waals surface area (Å²) in [5.41, 5.74) is 0.284. The molecule has 1 aliphatic rings. The molecule has 4 heteroatoms. The Hall–Kier alpha value is -1.55. The lowest BCUT2D eigenvalue weighted by Gasteiger charge is -2.37. The van der Waals surface area contributed by atoms with Crippen molar-refractivity contribution in [2.75, 3.05) is 13.1 Å². The fourth-order valence-corrected chi connectivity index (χ4v) is 2.93. The van der Waals surface area contributed by atoms with E-state index < -0.39 is 5.60 Å². The van der Waals surface area contributed by atoms with Gasteiger partial charge in [0, 0.05) is 6.54 Å². The number of urea groups is 1. The van der Waals surface area contributed by atoms with Gasteiger partial charge in [-0.1, -0.05) is 36.8 Å². The van der Waals surface area contributed by atoms with E-state index in [-0.39, 0.29) is 12.1 Å². The molecule has 1 fully saturated rings. The van der Waals surface area contributed by atoms with Crippen LogP contribution >= 0.6 is 0 Å². The first kappa shape index (κ1) is 16.8. The number of hydrogen-bond acceptors (Lipinski definition) is 2. The third kappa shape index (κ3) is 4.47. The van der Waals surface area contributed by atoms with E-state index in [0.29, 0.717) is 19.0 Å². The zero-order valence-corrected chi connectivity index (χ0v) is 13.9. The molecule has 4 nitrogen and oxygen atoms in total. The lowest BCUT2D eigenvalue weighted by Crippen LogP contribution is -2.49. The fourth-order valence-electron chi connectivity index (χ4n) is 2.93. The van der Waals surface area contributed by atoms with Gasteiger partial charge in [0.05, 0.1) is 18.2 Å². The minimum atomic E-state index is -0.883. The molecule has 0 spiro atoms. The first-order chi connectivity index (χ1) is 10.4. The van der Waals surface area contributed by atoms with E-state index in [1.807, 2.05) is 25.1 Å². The van der Waals surface area contributed by atoms with Crippen LogP contribution in [0.25, 0.3) is 0 Å². The molecule has 0 aliphatic heterocycles. The first-order valence-electron chi connectivity index (χ1n) is 8.23. The van der Waals surface area contributed by atoms with Crippen molar-refractivity contribution in [2.24, 2.45) is 5.92 Å². The maximum Gasteiger partial charge on any atom is 0.317 e. The van der Waals surface area contributed by atoms with Crippen LogP contribution in [0.4, 0.5) is 4.79 Å². The molecule has 0 bridgehead atoms. The van der Waals surface area contributed by atoms with Gasteiger partial charge in [-0.15, -0.1) is 0 Å². The molecule has 1 saturated carbocycles. The second kappa shape index (κ2) is 7.14. The third-order valence-electron chi connectivity index (χ3n) is 4.31. The smallest absolute Gasteiger partial charge is 0.317 e. The third-order valence-corrected chi connectivity index (χ3v) is 4.31. The van der Waals surface area contributed by atoms with E-state index in [2.05, 4.69) is 17.4 Å². The maximum atomic E-state index is 12.6. The van der Waals surface area contributed by atoms with Crippen LogP contribution in [0.15, 0.2) is 30.3 Å². The van der Waals surface area contributed by atoms with Crippen LogP contribution in [0.1, 0.15) is 51.6 Å². The summed E-state index contributed by atoms with van der Waals surface area (Å²) in [6, 6.07) is 10.2. The molecular weight excluding hydrogens is 276 g/mol. The van der Waals surface area contributed by atoms with Crippen LogP contribution in [0.5, 0.6) is 0 Å². The summed E-state index contributed by atoms with van der Waals surface area (Å²) in [6.45, 7) is 6.31. The number of rotatable bonds is 6.